The molecule has 0 aliphatic carbocycles. The lowest BCUT2D eigenvalue weighted by Gasteiger charge is -2.27. The normalized spacial score (nSPS) is 17.6. The predicted molar refractivity (Wildman–Crippen MR) is 78.0 cm³/mol. The van der Waals surface area contributed by atoms with Gasteiger partial charge in [0.1, 0.15) is 6.33 Å². The van der Waals surface area contributed by atoms with E-state index in [1.165, 1.54) is 19.3 Å². The van der Waals surface area contributed by atoms with E-state index in [2.05, 4.69) is 34.0 Å². The van der Waals surface area contributed by atoms with Crippen LogP contribution in [0.3, 0.4) is 0 Å². The fourth-order valence-electron chi connectivity index (χ4n) is 2.90. The van der Waals surface area contributed by atoms with Crippen LogP contribution in [0, 0.1) is 5.41 Å². The van der Waals surface area contributed by atoms with Crippen molar-refractivity contribution < 1.29 is 4.74 Å². The van der Waals surface area contributed by atoms with E-state index in [0.29, 0.717) is 5.41 Å². The Hall–Kier alpha value is -1.52. The molecule has 1 aliphatic rings. The van der Waals surface area contributed by atoms with Crippen LogP contribution in [0.15, 0.2) is 6.33 Å². The zero-order valence-corrected chi connectivity index (χ0v) is 12.4. The summed E-state index contributed by atoms with van der Waals surface area (Å²) in [5, 5.41) is 3.06. The Morgan fingerprint density at radius 2 is 2.11 bits per heavy atom. The smallest absolute Gasteiger partial charge is 0.204 e. The lowest BCUT2D eigenvalue weighted by atomic mass is 9.82. The highest BCUT2D eigenvalue weighted by atomic mass is 16.5. The summed E-state index contributed by atoms with van der Waals surface area (Å²) >= 11 is 0. The molecule has 5 nitrogen and oxygen atoms in total. The van der Waals surface area contributed by atoms with Crippen molar-refractivity contribution in [2.75, 3.05) is 37.5 Å². The van der Waals surface area contributed by atoms with Gasteiger partial charge < -0.3 is 15.0 Å². The summed E-state index contributed by atoms with van der Waals surface area (Å²) < 4.78 is 5.49. The first-order valence-electron chi connectivity index (χ1n) is 7.01. The summed E-state index contributed by atoms with van der Waals surface area (Å²) in [6.45, 7) is 6.65. The average Bonchev–Trinajstić information content (AvgIpc) is 2.91. The van der Waals surface area contributed by atoms with Crippen LogP contribution >= 0.6 is 0 Å². The monoisotopic (exact) mass is 264 g/mol. The van der Waals surface area contributed by atoms with Crippen LogP contribution in [-0.4, -0.2) is 37.2 Å². The molecule has 0 amide bonds. The molecule has 0 unspecified atom stereocenters. The molecule has 0 spiro atoms. The number of hydrogen-bond donors (Lipinski definition) is 1. The summed E-state index contributed by atoms with van der Waals surface area (Å²) in [7, 11) is 3.52. The van der Waals surface area contributed by atoms with E-state index in [1.54, 1.807) is 13.4 Å². The van der Waals surface area contributed by atoms with E-state index in [0.717, 1.165) is 30.5 Å². The van der Waals surface area contributed by atoms with E-state index in [-0.39, 0.29) is 0 Å². The summed E-state index contributed by atoms with van der Waals surface area (Å²) in [5.74, 6) is 2.40. The van der Waals surface area contributed by atoms with Crippen molar-refractivity contribution in [3.05, 3.63) is 6.33 Å². The van der Waals surface area contributed by atoms with Gasteiger partial charge in [0.15, 0.2) is 11.6 Å². The van der Waals surface area contributed by atoms with Crippen LogP contribution in [0.2, 0.25) is 0 Å². The molecule has 1 saturated heterocycles. The van der Waals surface area contributed by atoms with E-state index < -0.39 is 0 Å². The maximum atomic E-state index is 5.49. The second-order valence-electron chi connectivity index (χ2n) is 5.21. The van der Waals surface area contributed by atoms with E-state index in [9.17, 15) is 0 Å². The molecule has 0 bridgehead atoms. The van der Waals surface area contributed by atoms with Gasteiger partial charge in [-0.15, -0.1) is 0 Å². The topological polar surface area (TPSA) is 50.3 Å². The predicted octanol–water partition coefficient (Wildman–Crippen LogP) is 2.54. The molecule has 0 radical (unpaired) electrons. The number of methoxy groups -OCH3 is 1. The molecule has 0 atom stereocenters. The second-order valence-corrected chi connectivity index (χ2v) is 5.21. The lowest BCUT2D eigenvalue weighted by molar-refractivity contribution is 0.301. The fraction of sp³-hybridized carbons (Fsp3) is 0.714. The Balaban J connectivity index is 2.29. The van der Waals surface area contributed by atoms with Gasteiger partial charge in [0.2, 0.25) is 5.75 Å². The molecular formula is C14H24N4O. The molecule has 1 aliphatic heterocycles. The number of nitrogens with zero attached hydrogens (tertiary/aromatic N) is 3. The molecule has 2 rings (SSSR count). The minimum absolute atomic E-state index is 0.426. The minimum Gasteiger partial charge on any atom is -0.490 e. The van der Waals surface area contributed by atoms with Crippen LogP contribution < -0.4 is 15.0 Å². The van der Waals surface area contributed by atoms with Crippen LogP contribution in [0.5, 0.6) is 5.75 Å². The number of nitrogens with one attached hydrogen (secondary N) is 1. The molecule has 106 valence electrons. The van der Waals surface area contributed by atoms with E-state index in [1.807, 2.05) is 7.05 Å². The number of ether oxygens (including phenoxy) is 1. The Bertz CT molecular complexity index is 431. The van der Waals surface area contributed by atoms with Crippen molar-refractivity contribution in [2.45, 2.75) is 33.1 Å². The second kappa shape index (κ2) is 5.63. The quantitative estimate of drug-likeness (QED) is 0.885. The van der Waals surface area contributed by atoms with Crippen molar-refractivity contribution in [3.63, 3.8) is 0 Å². The number of rotatable bonds is 5. The van der Waals surface area contributed by atoms with Gasteiger partial charge in [0.05, 0.1) is 7.11 Å². The van der Waals surface area contributed by atoms with Crippen molar-refractivity contribution in [3.8, 4) is 5.75 Å². The molecule has 19 heavy (non-hydrogen) atoms. The molecule has 5 heteroatoms. The first-order valence-corrected chi connectivity index (χ1v) is 7.01. The molecule has 1 N–H and O–H groups in total. The van der Waals surface area contributed by atoms with Crippen molar-refractivity contribution in [2.24, 2.45) is 5.41 Å². The highest BCUT2D eigenvalue weighted by Crippen LogP contribution is 2.41. The molecule has 0 saturated carbocycles. The summed E-state index contributed by atoms with van der Waals surface area (Å²) in [4.78, 5) is 11.0. The maximum absolute atomic E-state index is 5.49. The molecular weight excluding hydrogens is 240 g/mol. The van der Waals surface area contributed by atoms with E-state index in [4.69, 9.17) is 4.74 Å². The first kappa shape index (κ1) is 13.9. The molecule has 1 fully saturated rings. The third kappa shape index (κ3) is 2.46. The highest BCUT2D eigenvalue weighted by Gasteiger charge is 2.36. The highest BCUT2D eigenvalue weighted by molar-refractivity contribution is 5.65. The standard InChI is InChI=1S/C14H24N4O/c1-5-14(6-2)7-8-18(9-14)13-11(19-4)12(15-3)16-10-17-13/h10H,5-9H2,1-4H3,(H,15,16,17). The summed E-state index contributed by atoms with van der Waals surface area (Å²) in [6.07, 6.45) is 5.25. The molecule has 2 heterocycles. The lowest BCUT2D eigenvalue weighted by Crippen LogP contribution is -2.27. The maximum Gasteiger partial charge on any atom is 0.204 e. The Morgan fingerprint density at radius 1 is 1.37 bits per heavy atom. The van der Waals surface area contributed by atoms with Crippen molar-refractivity contribution >= 4 is 11.6 Å². The van der Waals surface area contributed by atoms with Gasteiger partial charge in [-0.2, -0.15) is 0 Å². The fourth-order valence-corrected chi connectivity index (χ4v) is 2.90. The van der Waals surface area contributed by atoms with Crippen LogP contribution in [0.4, 0.5) is 11.6 Å². The summed E-state index contributed by atoms with van der Waals surface area (Å²) in [6, 6.07) is 0. The average molecular weight is 264 g/mol. The Labute approximate surface area is 115 Å². The van der Waals surface area contributed by atoms with Gasteiger partial charge in [-0.1, -0.05) is 13.8 Å². The van der Waals surface area contributed by atoms with Gasteiger partial charge in [0.25, 0.3) is 0 Å². The zero-order chi connectivity index (χ0) is 13.9. The number of anilines is 2. The Kier molecular flexibility index (Phi) is 4.12. The van der Waals surface area contributed by atoms with Gasteiger partial charge in [-0.25, -0.2) is 9.97 Å². The largest absolute Gasteiger partial charge is 0.490 e. The third-order valence-corrected chi connectivity index (χ3v) is 4.46. The zero-order valence-electron chi connectivity index (χ0n) is 12.4. The molecule has 0 aromatic carbocycles. The Morgan fingerprint density at radius 3 is 2.63 bits per heavy atom. The minimum atomic E-state index is 0.426. The van der Waals surface area contributed by atoms with Gasteiger partial charge in [0, 0.05) is 20.1 Å². The number of aromatic nitrogens is 2. The molecule has 1 aromatic rings. The SMILES string of the molecule is CCC1(CC)CCN(c2ncnc(NC)c2OC)C1. The number of hydrogen-bond acceptors (Lipinski definition) is 5. The van der Waals surface area contributed by atoms with Gasteiger partial charge in [-0.3, -0.25) is 0 Å². The third-order valence-electron chi connectivity index (χ3n) is 4.46. The van der Waals surface area contributed by atoms with Crippen LogP contribution in [-0.2, 0) is 0 Å². The molecule has 1 aromatic heterocycles. The summed E-state index contributed by atoms with van der Waals surface area (Å²) in [5.41, 5.74) is 0.426. The van der Waals surface area contributed by atoms with Crippen molar-refractivity contribution in [1.29, 1.82) is 0 Å². The van der Waals surface area contributed by atoms with Crippen LogP contribution in [0.1, 0.15) is 33.1 Å². The first-order chi connectivity index (χ1) is 9.19. The van der Waals surface area contributed by atoms with Gasteiger partial charge in [-0.05, 0) is 24.7 Å². The van der Waals surface area contributed by atoms with E-state index >= 15 is 0 Å². The van der Waals surface area contributed by atoms with Crippen molar-refractivity contribution in [1.82, 2.24) is 9.97 Å². The van der Waals surface area contributed by atoms with Crippen LogP contribution in [0.25, 0.3) is 0 Å². The van der Waals surface area contributed by atoms with Gasteiger partial charge >= 0.3 is 0 Å².